The third-order valence-electron chi connectivity index (χ3n) is 1.61. The molecule has 0 heterocycles. The number of hydrogen-bond acceptors (Lipinski definition) is 3. The van der Waals surface area contributed by atoms with Crippen LogP contribution in [-0.2, 0) is 4.74 Å². The van der Waals surface area contributed by atoms with E-state index in [2.05, 4.69) is 26.1 Å². The van der Waals surface area contributed by atoms with E-state index >= 15 is 0 Å². The molecule has 3 nitrogen and oxygen atoms in total. The van der Waals surface area contributed by atoms with Crippen molar-refractivity contribution in [3.05, 3.63) is 0 Å². The van der Waals surface area contributed by atoms with E-state index in [0.29, 0.717) is 6.61 Å². The van der Waals surface area contributed by atoms with E-state index in [9.17, 15) is 0 Å². The van der Waals surface area contributed by atoms with Crippen molar-refractivity contribution in [1.82, 2.24) is 5.32 Å². The predicted molar refractivity (Wildman–Crippen MR) is 54.9 cm³/mol. The summed E-state index contributed by atoms with van der Waals surface area (Å²) in [5.41, 5.74) is 0.214. The first kappa shape index (κ1) is 12.9. The van der Waals surface area contributed by atoms with Crippen molar-refractivity contribution in [3.63, 3.8) is 0 Å². The third kappa shape index (κ3) is 11.9. The maximum atomic E-state index is 8.44. The molecule has 13 heavy (non-hydrogen) atoms. The van der Waals surface area contributed by atoms with Crippen molar-refractivity contribution in [2.24, 2.45) is 0 Å². The van der Waals surface area contributed by atoms with Crippen LogP contribution in [-0.4, -0.2) is 37.0 Å². The fourth-order valence-corrected chi connectivity index (χ4v) is 0.959. The van der Waals surface area contributed by atoms with Crippen molar-refractivity contribution < 1.29 is 9.84 Å². The second-order valence-electron chi connectivity index (χ2n) is 4.22. The van der Waals surface area contributed by atoms with E-state index in [1.165, 1.54) is 0 Å². The molecule has 0 fully saturated rings. The number of unbranched alkanes of at least 4 members (excludes halogenated alkanes) is 1. The molecule has 0 radical (unpaired) electrons. The van der Waals surface area contributed by atoms with Crippen LogP contribution in [0.1, 0.15) is 33.6 Å². The van der Waals surface area contributed by atoms with E-state index in [-0.39, 0.29) is 12.1 Å². The minimum absolute atomic E-state index is 0.125. The Bertz CT molecular complexity index is 110. The van der Waals surface area contributed by atoms with Crippen LogP contribution in [0.4, 0.5) is 0 Å². The largest absolute Gasteiger partial charge is 0.394 e. The topological polar surface area (TPSA) is 41.5 Å². The summed E-state index contributed by atoms with van der Waals surface area (Å²) in [6.07, 6.45) is 2.19. The maximum absolute atomic E-state index is 8.44. The van der Waals surface area contributed by atoms with Gasteiger partial charge in [0.15, 0.2) is 0 Å². The van der Waals surface area contributed by atoms with Gasteiger partial charge in [-0.2, -0.15) is 0 Å². The summed E-state index contributed by atoms with van der Waals surface area (Å²) < 4.78 is 5.14. The van der Waals surface area contributed by atoms with Gasteiger partial charge in [-0.15, -0.1) is 0 Å². The zero-order valence-corrected chi connectivity index (χ0v) is 9.10. The Labute approximate surface area is 81.5 Å². The van der Waals surface area contributed by atoms with Crippen molar-refractivity contribution in [3.8, 4) is 0 Å². The Morgan fingerprint density at radius 2 is 1.85 bits per heavy atom. The highest BCUT2D eigenvalue weighted by atomic mass is 16.5. The summed E-state index contributed by atoms with van der Waals surface area (Å²) in [6.45, 7) is 8.87. The van der Waals surface area contributed by atoms with E-state index in [1.807, 2.05) is 0 Å². The van der Waals surface area contributed by atoms with Crippen LogP contribution >= 0.6 is 0 Å². The molecule has 0 aliphatic heterocycles. The third-order valence-corrected chi connectivity index (χ3v) is 1.61. The van der Waals surface area contributed by atoms with Gasteiger partial charge in [-0.05, 0) is 40.2 Å². The van der Waals surface area contributed by atoms with Crippen LogP contribution in [0.15, 0.2) is 0 Å². The van der Waals surface area contributed by atoms with E-state index in [4.69, 9.17) is 9.84 Å². The molecule has 0 saturated heterocycles. The molecule has 0 rings (SSSR count). The van der Waals surface area contributed by atoms with Crippen LogP contribution in [0, 0.1) is 0 Å². The minimum atomic E-state index is 0.125. The molecule has 0 aromatic rings. The molecule has 0 aliphatic carbocycles. The number of aliphatic hydroxyl groups excluding tert-OH is 1. The van der Waals surface area contributed by atoms with Crippen LogP contribution in [0.5, 0.6) is 0 Å². The van der Waals surface area contributed by atoms with Gasteiger partial charge < -0.3 is 15.2 Å². The second-order valence-corrected chi connectivity index (χ2v) is 4.22. The lowest BCUT2D eigenvalue weighted by molar-refractivity contribution is 0.0896. The molecule has 0 bridgehead atoms. The standard InChI is InChI=1S/C10H23NO2/c1-10(2,3)11-6-4-5-8-13-9-7-12/h11-12H,4-9H2,1-3H3. The lowest BCUT2D eigenvalue weighted by Crippen LogP contribution is -2.36. The highest BCUT2D eigenvalue weighted by Gasteiger charge is 2.06. The summed E-state index contributed by atoms with van der Waals surface area (Å²) in [7, 11) is 0. The first-order valence-corrected chi connectivity index (χ1v) is 5.00. The number of ether oxygens (including phenoxy) is 1. The Morgan fingerprint density at radius 1 is 1.15 bits per heavy atom. The molecule has 2 N–H and O–H groups in total. The zero-order chi connectivity index (χ0) is 10.2. The van der Waals surface area contributed by atoms with Crippen molar-refractivity contribution >= 4 is 0 Å². The molecular weight excluding hydrogens is 166 g/mol. The first-order valence-electron chi connectivity index (χ1n) is 5.00. The van der Waals surface area contributed by atoms with Gasteiger partial charge in [-0.25, -0.2) is 0 Å². The fraction of sp³-hybridized carbons (Fsp3) is 1.00. The number of nitrogens with one attached hydrogen (secondary N) is 1. The van der Waals surface area contributed by atoms with E-state index in [0.717, 1.165) is 26.0 Å². The summed E-state index contributed by atoms with van der Waals surface area (Å²) >= 11 is 0. The van der Waals surface area contributed by atoms with Gasteiger partial charge >= 0.3 is 0 Å². The lowest BCUT2D eigenvalue weighted by Gasteiger charge is -2.20. The van der Waals surface area contributed by atoms with Gasteiger partial charge in [-0.1, -0.05) is 0 Å². The highest BCUT2D eigenvalue weighted by Crippen LogP contribution is 1.99. The highest BCUT2D eigenvalue weighted by molar-refractivity contribution is 4.69. The summed E-state index contributed by atoms with van der Waals surface area (Å²) in [5, 5.41) is 11.8. The Balaban J connectivity index is 3.00. The Hall–Kier alpha value is -0.120. The van der Waals surface area contributed by atoms with Gasteiger partial charge in [-0.3, -0.25) is 0 Å². The number of rotatable bonds is 7. The van der Waals surface area contributed by atoms with Gasteiger partial charge in [0.25, 0.3) is 0 Å². The normalized spacial score (nSPS) is 12.0. The monoisotopic (exact) mass is 189 g/mol. The van der Waals surface area contributed by atoms with Gasteiger partial charge in [0.2, 0.25) is 0 Å². The smallest absolute Gasteiger partial charge is 0.0697 e. The molecule has 0 aromatic carbocycles. The van der Waals surface area contributed by atoms with E-state index in [1.54, 1.807) is 0 Å². The average molecular weight is 189 g/mol. The second kappa shape index (κ2) is 7.30. The van der Waals surface area contributed by atoms with Gasteiger partial charge in [0.05, 0.1) is 13.2 Å². The molecule has 0 aromatic heterocycles. The zero-order valence-electron chi connectivity index (χ0n) is 9.10. The SMILES string of the molecule is CC(C)(C)NCCCCOCCO. The molecular formula is C10H23NO2. The van der Waals surface area contributed by atoms with Crippen molar-refractivity contribution in [1.29, 1.82) is 0 Å². The van der Waals surface area contributed by atoms with Crippen molar-refractivity contribution in [2.45, 2.75) is 39.2 Å². The van der Waals surface area contributed by atoms with Crippen LogP contribution < -0.4 is 5.32 Å². The fourth-order valence-electron chi connectivity index (χ4n) is 0.959. The average Bonchev–Trinajstić information content (AvgIpc) is 2.01. The van der Waals surface area contributed by atoms with Crippen molar-refractivity contribution in [2.75, 3.05) is 26.4 Å². The number of hydrogen-bond donors (Lipinski definition) is 2. The molecule has 0 atom stereocenters. The molecule has 0 spiro atoms. The first-order chi connectivity index (χ1) is 6.06. The molecule has 0 aliphatic rings. The molecule has 3 heteroatoms. The van der Waals surface area contributed by atoms with Crippen LogP contribution in [0.25, 0.3) is 0 Å². The molecule has 0 amide bonds. The Morgan fingerprint density at radius 3 is 2.38 bits per heavy atom. The van der Waals surface area contributed by atoms with E-state index < -0.39 is 0 Å². The Kier molecular flexibility index (Phi) is 7.23. The summed E-state index contributed by atoms with van der Waals surface area (Å²) in [4.78, 5) is 0. The maximum Gasteiger partial charge on any atom is 0.0697 e. The van der Waals surface area contributed by atoms with Crippen LogP contribution in [0.3, 0.4) is 0 Å². The molecule has 0 unspecified atom stereocenters. The molecule has 0 saturated carbocycles. The van der Waals surface area contributed by atoms with Crippen LogP contribution in [0.2, 0.25) is 0 Å². The predicted octanol–water partition coefficient (Wildman–Crippen LogP) is 1.16. The quantitative estimate of drug-likeness (QED) is 0.591. The summed E-state index contributed by atoms with van der Waals surface area (Å²) in [5.74, 6) is 0. The summed E-state index contributed by atoms with van der Waals surface area (Å²) in [6, 6.07) is 0. The minimum Gasteiger partial charge on any atom is -0.394 e. The van der Waals surface area contributed by atoms with Gasteiger partial charge in [0.1, 0.15) is 0 Å². The lowest BCUT2D eigenvalue weighted by atomic mass is 10.1. The van der Waals surface area contributed by atoms with Gasteiger partial charge in [0, 0.05) is 12.1 Å². The number of aliphatic hydroxyl groups is 1. The molecule has 80 valence electrons.